The minimum Gasteiger partial charge on any atom is -0.466 e. The van der Waals surface area contributed by atoms with Gasteiger partial charge >= 0.3 is 18.3 Å². The van der Waals surface area contributed by atoms with Crippen LogP contribution in [0.15, 0.2) is 0 Å². The Morgan fingerprint density at radius 1 is 1.04 bits per heavy atom. The van der Waals surface area contributed by atoms with Gasteiger partial charge in [0.05, 0.1) is 22.8 Å². The van der Waals surface area contributed by atoms with Crippen molar-refractivity contribution in [1.82, 2.24) is 4.72 Å². The summed E-state index contributed by atoms with van der Waals surface area (Å²) >= 11 is 0. The van der Waals surface area contributed by atoms with Crippen molar-refractivity contribution in [2.75, 3.05) is 7.11 Å². The first kappa shape index (κ1) is 23.6. The molecule has 0 amide bonds. The lowest BCUT2D eigenvalue weighted by atomic mass is 10.1. The lowest BCUT2D eigenvalue weighted by molar-refractivity contribution is -0.190. The first-order valence-electron chi connectivity index (χ1n) is 7.21. The number of nitrogens with one attached hydrogen (secondary N) is 1. The summed E-state index contributed by atoms with van der Waals surface area (Å²) in [6.45, 7) is 8.71. The summed E-state index contributed by atoms with van der Waals surface area (Å²) in [5, 5.41) is 0. The first-order chi connectivity index (χ1) is 11.0. The fourth-order valence-electron chi connectivity index (χ4n) is 1.34. The Balaban J connectivity index is 5.62. The molecule has 0 bridgehead atoms. The van der Waals surface area contributed by atoms with Crippen molar-refractivity contribution < 1.29 is 41.2 Å². The van der Waals surface area contributed by atoms with Crippen LogP contribution < -0.4 is 4.72 Å². The third kappa shape index (κ3) is 8.52. The summed E-state index contributed by atoms with van der Waals surface area (Å²) in [5.74, 6) is -1.47. The highest BCUT2D eigenvalue weighted by Crippen LogP contribution is 2.27. The molecule has 0 aliphatic carbocycles. The third-order valence-corrected chi connectivity index (χ3v) is 4.07. The van der Waals surface area contributed by atoms with Gasteiger partial charge in [-0.3, -0.25) is 0 Å². The van der Waals surface area contributed by atoms with E-state index in [0.29, 0.717) is 0 Å². The summed E-state index contributed by atoms with van der Waals surface area (Å²) in [5.41, 5.74) is -1.05. The first-order valence-corrected chi connectivity index (χ1v) is 8.36. The van der Waals surface area contributed by atoms with Crippen LogP contribution in [0.25, 0.3) is 0 Å². The predicted octanol–water partition coefficient (Wildman–Crippen LogP) is 2.46. The van der Waals surface area contributed by atoms with Crippen LogP contribution in [0.3, 0.4) is 0 Å². The number of ether oxygens (including phenoxy) is 3. The van der Waals surface area contributed by atoms with Crippen LogP contribution in [-0.2, 0) is 30.0 Å². The second-order valence-electron chi connectivity index (χ2n) is 7.04. The lowest BCUT2D eigenvalue weighted by Crippen LogP contribution is -2.57. The van der Waals surface area contributed by atoms with Gasteiger partial charge in [0.2, 0.25) is 6.10 Å². The molecule has 0 rings (SSSR count). The fourth-order valence-corrected chi connectivity index (χ4v) is 2.18. The molecule has 0 heterocycles. The number of carbonyl (C=O) groups is 2. The topological polar surface area (TPSA) is 90.9 Å². The van der Waals surface area contributed by atoms with Crippen molar-refractivity contribution in [3.63, 3.8) is 0 Å². The highest BCUT2D eigenvalue weighted by molar-refractivity contribution is 7.84. The van der Waals surface area contributed by atoms with E-state index in [0.717, 1.165) is 7.11 Å². The molecule has 0 saturated carbocycles. The number of hydrogen-bond acceptors (Lipinski definition) is 6. The fraction of sp³-hybridized carbons (Fsp3) is 0.857. The summed E-state index contributed by atoms with van der Waals surface area (Å²) in [7, 11) is -1.36. The Bertz CT molecular complexity index is 510. The predicted molar refractivity (Wildman–Crippen MR) is 84.0 cm³/mol. The number of alkyl halides is 3. The zero-order valence-electron chi connectivity index (χ0n) is 15.1. The molecule has 0 aromatic heterocycles. The van der Waals surface area contributed by atoms with Crippen LogP contribution in [0, 0.1) is 0 Å². The Kier molecular flexibility index (Phi) is 7.89. The molecule has 0 saturated heterocycles. The molecule has 0 aliphatic rings. The van der Waals surface area contributed by atoms with E-state index >= 15 is 0 Å². The van der Waals surface area contributed by atoms with Crippen LogP contribution in [0.5, 0.6) is 0 Å². The van der Waals surface area contributed by atoms with Gasteiger partial charge in [-0.1, -0.05) is 0 Å². The van der Waals surface area contributed by atoms with Crippen LogP contribution >= 0.6 is 0 Å². The number of carbonyl (C=O) groups excluding carboxylic acids is 2. The molecule has 25 heavy (non-hydrogen) atoms. The summed E-state index contributed by atoms with van der Waals surface area (Å²) < 4.78 is 66.4. The maximum Gasteiger partial charge on any atom is 0.509 e. The van der Waals surface area contributed by atoms with E-state index in [9.17, 15) is 27.0 Å². The van der Waals surface area contributed by atoms with E-state index in [1.807, 2.05) is 0 Å². The minimum absolute atomic E-state index is 0.835. The molecule has 148 valence electrons. The van der Waals surface area contributed by atoms with Crippen LogP contribution in [0.1, 0.15) is 41.5 Å². The highest BCUT2D eigenvalue weighted by Gasteiger charge is 2.52. The van der Waals surface area contributed by atoms with Crippen molar-refractivity contribution in [3.05, 3.63) is 0 Å². The van der Waals surface area contributed by atoms with E-state index in [4.69, 9.17) is 4.74 Å². The quantitative estimate of drug-likeness (QED) is 0.724. The summed E-state index contributed by atoms with van der Waals surface area (Å²) in [4.78, 5) is 23.4. The number of methoxy groups -OCH3 is 1. The molecule has 11 heteroatoms. The van der Waals surface area contributed by atoms with Gasteiger partial charge in [-0.2, -0.15) is 13.2 Å². The lowest BCUT2D eigenvalue weighted by Gasteiger charge is -2.30. The van der Waals surface area contributed by atoms with Gasteiger partial charge in [0.25, 0.3) is 0 Å². The Morgan fingerprint density at radius 3 is 1.84 bits per heavy atom. The largest absolute Gasteiger partial charge is 0.509 e. The number of hydrogen-bond donors (Lipinski definition) is 1. The van der Waals surface area contributed by atoms with E-state index in [1.54, 1.807) is 4.72 Å². The normalized spacial score (nSPS) is 16.6. The Hall–Kier alpha value is -1.36. The van der Waals surface area contributed by atoms with Gasteiger partial charge in [0, 0.05) is 0 Å². The van der Waals surface area contributed by atoms with Crippen molar-refractivity contribution in [1.29, 1.82) is 0 Å². The molecule has 0 unspecified atom stereocenters. The molecule has 0 aromatic carbocycles. The zero-order valence-corrected chi connectivity index (χ0v) is 16.0. The molecule has 0 aliphatic heterocycles. The Labute approximate surface area is 147 Å². The third-order valence-electron chi connectivity index (χ3n) is 2.49. The number of esters is 1. The maximum absolute atomic E-state index is 13.4. The molecule has 0 aromatic rings. The molecule has 3 atom stereocenters. The van der Waals surface area contributed by atoms with Crippen molar-refractivity contribution >= 4 is 23.1 Å². The molecule has 0 fully saturated rings. The molecule has 0 radical (unpaired) electrons. The van der Waals surface area contributed by atoms with E-state index in [1.165, 1.54) is 41.5 Å². The van der Waals surface area contributed by atoms with Gasteiger partial charge < -0.3 is 14.2 Å². The number of rotatable bonds is 5. The molecule has 1 N–H and O–H groups in total. The van der Waals surface area contributed by atoms with Crippen LogP contribution in [-0.4, -0.2) is 52.1 Å². The van der Waals surface area contributed by atoms with Gasteiger partial charge in [-0.05, 0) is 41.5 Å². The van der Waals surface area contributed by atoms with Gasteiger partial charge in [0.15, 0.2) is 6.04 Å². The maximum atomic E-state index is 13.4. The second kappa shape index (κ2) is 8.35. The molecular formula is C14H24F3NO6S. The smallest absolute Gasteiger partial charge is 0.466 e. The van der Waals surface area contributed by atoms with Crippen molar-refractivity contribution in [3.8, 4) is 0 Å². The van der Waals surface area contributed by atoms with Crippen molar-refractivity contribution in [2.24, 2.45) is 0 Å². The standard InChI is InChI=1S/C14H24F3NO6S/c1-12(2,3)24-11(20)23-8(10(19)22-7)9(14(15,16)17)18-25(21)13(4,5)6/h8-9,18H,1-7H3/t8-,9+,25+/m1/s1. The van der Waals surface area contributed by atoms with Crippen LogP contribution in [0.4, 0.5) is 18.0 Å². The molecular weight excluding hydrogens is 367 g/mol. The van der Waals surface area contributed by atoms with Crippen molar-refractivity contribution in [2.45, 2.75) is 70.2 Å². The van der Waals surface area contributed by atoms with E-state index < -0.39 is 51.8 Å². The van der Waals surface area contributed by atoms with Gasteiger partial charge in [-0.15, -0.1) is 0 Å². The van der Waals surface area contributed by atoms with E-state index in [-0.39, 0.29) is 0 Å². The SMILES string of the molecule is COC(=O)[C@H](OC(=O)OC(C)(C)C)[C@H](N[S@@](=O)C(C)(C)C)C(F)(F)F. The average molecular weight is 391 g/mol. The average Bonchev–Trinajstić information content (AvgIpc) is 2.36. The second-order valence-corrected chi connectivity index (χ2v) is 9.04. The van der Waals surface area contributed by atoms with E-state index in [2.05, 4.69) is 9.47 Å². The summed E-state index contributed by atoms with van der Waals surface area (Å²) in [6.07, 6.45) is -8.96. The minimum atomic E-state index is -5.05. The molecule has 7 nitrogen and oxygen atoms in total. The van der Waals surface area contributed by atoms with Gasteiger partial charge in [0.1, 0.15) is 5.60 Å². The van der Waals surface area contributed by atoms with Gasteiger partial charge in [-0.25, -0.2) is 18.5 Å². The van der Waals surface area contributed by atoms with Crippen LogP contribution in [0.2, 0.25) is 0 Å². The zero-order chi connectivity index (χ0) is 20.2. The highest BCUT2D eigenvalue weighted by atomic mass is 32.2. The monoisotopic (exact) mass is 391 g/mol. The molecule has 0 spiro atoms. The summed E-state index contributed by atoms with van der Waals surface area (Å²) in [6, 6.07) is -2.74. The Morgan fingerprint density at radius 2 is 1.52 bits per heavy atom. The number of halogens is 3.